The summed E-state index contributed by atoms with van der Waals surface area (Å²) < 4.78 is 72.3. The van der Waals surface area contributed by atoms with E-state index in [-0.39, 0.29) is 27.3 Å². The van der Waals surface area contributed by atoms with Crippen LogP contribution in [0.3, 0.4) is 0 Å². The third-order valence-electron chi connectivity index (χ3n) is 4.18. The average Bonchev–Trinajstić information content (AvgIpc) is 2.74. The van der Waals surface area contributed by atoms with Crippen molar-refractivity contribution in [3.05, 3.63) is 76.6 Å². The molecule has 7 nitrogen and oxygen atoms in total. The van der Waals surface area contributed by atoms with Gasteiger partial charge in [-0.3, -0.25) is 9.52 Å². The van der Waals surface area contributed by atoms with Crippen LogP contribution in [0.4, 0.5) is 18.9 Å². The van der Waals surface area contributed by atoms with Gasteiger partial charge < -0.3 is 4.74 Å². The van der Waals surface area contributed by atoms with Gasteiger partial charge in [0.1, 0.15) is 5.75 Å². The number of aromatic nitrogens is 2. The van der Waals surface area contributed by atoms with Crippen LogP contribution in [0, 0.1) is 0 Å². The smallest absolute Gasteiger partial charge is 0.435 e. The minimum atomic E-state index is -4.81. The second-order valence-electron chi connectivity index (χ2n) is 7.09. The molecule has 3 aromatic rings. The Morgan fingerprint density at radius 1 is 1.09 bits per heavy atom. The number of benzene rings is 2. The first-order valence-corrected chi connectivity index (χ1v) is 11.3. The highest BCUT2D eigenvalue weighted by Crippen LogP contribution is 2.30. The first-order valence-electron chi connectivity index (χ1n) is 9.40. The van der Waals surface area contributed by atoms with Crippen molar-refractivity contribution in [1.29, 1.82) is 0 Å². The fourth-order valence-corrected chi connectivity index (χ4v) is 4.00. The van der Waals surface area contributed by atoms with Crippen molar-refractivity contribution in [1.82, 2.24) is 10.2 Å². The Morgan fingerprint density at radius 2 is 1.76 bits per heavy atom. The molecule has 1 N–H and O–H groups in total. The minimum Gasteiger partial charge on any atom is -0.491 e. The summed E-state index contributed by atoms with van der Waals surface area (Å²) in [7, 11) is -4.15. The molecule has 0 atom stereocenters. The number of ketones is 1. The van der Waals surface area contributed by atoms with Gasteiger partial charge in [-0.15, -0.1) is 5.10 Å². The number of ether oxygens (including phenoxy) is 1. The molecule has 12 heteroatoms. The Hall–Kier alpha value is -3.18. The number of anilines is 1. The van der Waals surface area contributed by atoms with Crippen molar-refractivity contribution < 1.29 is 31.1 Å². The number of carbonyl (C=O) groups excluding carboxylic acids is 1. The number of hydrogen-bond acceptors (Lipinski definition) is 6. The van der Waals surface area contributed by atoms with Crippen LogP contribution >= 0.6 is 11.6 Å². The van der Waals surface area contributed by atoms with Crippen LogP contribution < -0.4 is 9.46 Å². The van der Waals surface area contributed by atoms with Gasteiger partial charge in [0.2, 0.25) is 0 Å². The molecule has 2 aromatic carbocycles. The van der Waals surface area contributed by atoms with Gasteiger partial charge in [0.15, 0.2) is 11.5 Å². The Bertz CT molecular complexity index is 1280. The fourth-order valence-electron chi connectivity index (χ4n) is 2.75. The van der Waals surface area contributed by atoms with Gasteiger partial charge in [-0.05, 0) is 62.4 Å². The molecule has 0 aliphatic heterocycles. The van der Waals surface area contributed by atoms with Crippen LogP contribution in [0.2, 0.25) is 5.02 Å². The van der Waals surface area contributed by atoms with Crippen LogP contribution in [-0.4, -0.2) is 30.5 Å². The van der Waals surface area contributed by atoms with E-state index in [0.717, 1.165) is 12.3 Å². The molecule has 0 bridgehead atoms. The normalized spacial score (nSPS) is 12.0. The van der Waals surface area contributed by atoms with E-state index in [1.807, 2.05) is 13.8 Å². The maximum Gasteiger partial charge on any atom is 0.435 e. The SMILES string of the molecule is CC(C)Oc1ccc(S(=O)(=O)Nc2ccc(Cl)cc2C(=O)c2cnnc(C(F)(F)F)c2)cc1. The predicted octanol–water partition coefficient (Wildman–Crippen LogP) is 4.97. The molecular weight excluding hydrogens is 483 g/mol. The summed E-state index contributed by atoms with van der Waals surface area (Å²) in [5, 5.41) is 6.28. The quantitative estimate of drug-likeness (QED) is 0.461. The molecule has 0 fully saturated rings. The van der Waals surface area contributed by atoms with Crippen molar-refractivity contribution in [3.63, 3.8) is 0 Å². The number of alkyl halides is 3. The molecular formula is C21H17ClF3N3O4S. The van der Waals surface area contributed by atoms with Crippen molar-refractivity contribution >= 4 is 33.1 Å². The number of halogens is 4. The number of nitrogens with one attached hydrogen (secondary N) is 1. The molecule has 0 amide bonds. The zero-order valence-corrected chi connectivity index (χ0v) is 18.8. The molecule has 0 unspecified atom stereocenters. The highest BCUT2D eigenvalue weighted by Gasteiger charge is 2.34. The second kappa shape index (κ2) is 9.36. The Morgan fingerprint density at radius 3 is 2.36 bits per heavy atom. The summed E-state index contributed by atoms with van der Waals surface area (Å²) in [5.74, 6) is -0.451. The van der Waals surface area contributed by atoms with Crippen molar-refractivity contribution in [2.24, 2.45) is 0 Å². The molecule has 0 spiro atoms. The lowest BCUT2D eigenvalue weighted by molar-refractivity contribution is -0.141. The third kappa shape index (κ3) is 5.99. The van der Waals surface area contributed by atoms with Gasteiger partial charge in [-0.1, -0.05) is 11.6 Å². The summed E-state index contributed by atoms with van der Waals surface area (Å²) in [6, 6.07) is 9.84. The number of nitrogens with zero attached hydrogens (tertiary/aromatic N) is 2. The molecule has 0 aliphatic carbocycles. The minimum absolute atomic E-state index is 0.0783. The zero-order chi connectivity index (χ0) is 24.4. The number of hydrogen-bond donors (Lipinski definition) is 1. The van der Waals surface area contributed by atoms with Crippen molar-refractivity contribution in [3.8, 4) is 5.75 Å². The van der Waals surface area contributed by atoms with Gasteiger partial charge in [-0.2, -0.15) is 18.3 Å². The molecule has 0 aliphatic rings. The third-order valence-corrected chi connectivity index (χ3v) is 5.80. The number of carbonyl (C=O) groups is 1. The van der Waals surface area contributed by atoms with Gasteiger partial charge in [0, 0.05) is 16.1 Å². The number of rotatable bonds is 7. The highest BCUT2D eigenvalue weighted by molar-refractivity contribution is 7.92. The van der Waals surface area contributed by atoms with Gasteiger partial charge in [0.05, 0.1) is 22.9 Å². The summed E-state index contributed by atoms with van der Waals surface area (Å²) in [6.07, 6.45) is -4.06. The van der Waals surface area contributed by atoms with E-state index in [1.165, 1.54) is 36.4 Å². The Labute approximate surface area is 192 Å². The lowest BCUT2D eigenvalue weighted by Gasteiger charge is -2.14. The fraction of sp³-hybridized carbons (Fsp3) is 0.190. The van der Waals surface area contributed by atoms with E-state index < -0.39 is 33.2 Å². The Balaban J connectivity index is 1.95. The van der Waals surface area contributed by atoms with Crippen LogP contribution in [-0.2, 0) is 16.2 Å². The highest BCUT2D eigenvalue weighted by atomic mass is 35.5. The maximum atomic E-state index is 12.9. The molecule has 33 heavy (non-hydrogen) atoms. The van der Waals surface area contributed by atoms with Gasteiger partial charge in [0.25, 0.3) is 10.0 Å². The first-order chi connectivity index (χ1) is 15.4. The maximum absolute atomic E-state index is 12.9. The molecule has 0 saturated heterocycles. The predicted molar refractivity (Wildman–Crippen MR) is 115 cm³/mol. The standard InChI is InChI=1S/C21H17ClF3N3O4S/c1-12(2)32-15-4-6-16(7-5-15)33(30,31)28-18-8-3-14(22)10-17(18)20(29)13-9-19(21(23,24)25)27-26-11-13/h3-12,28H,1-2H3. The van der Waals surface area contributed by atoms with Crippen LogP contribution in [0.5, 0.6) is 5.75 Å². The monoisotopic (exact) mass is 499 g/mol. The molecule has 0 saturated carbocycles. The summed E-state index contributed by atoms with van der Waals surface area (Å²) in [5.41, 5.74) is -2.22. The van der Waals surface area contributed by atoms with Crippen LogP contribution in [0.25, 0.3) is 0 Å². The summed E-state index contributed by atoms with van der Waals surface area (Å²) in [4.78, 5) is 12.8. The van der Waals surface area contributed by atoms with E-state index in [1.54, 1.807) is 0 Å². The van der Waals surface area contributed by atoms with Crippen molar-refractivity contribution in [2.45, 2.75) is 31.0 Å². The van der Waals surface area contributed by atoms with Gasteiger partial charge >= 0.3 is 6.18 Å². The van der Waals surface area contributed by atoms with Crippen LogP contribution in [0.15, 0.2) is 59.6 Å². The molecule has 3 rings (SSSR count). The number of sulfonamides is 1. The van der Waals surface area contributed by atoms with E-state index in [4.69, 9.17) is 16.3 Å². The topological polar surface area (TPSA) is 98.2 Å². The lowest BCUT2D eigenvalue weighted by Crippen LogP contribution is -2.17. The molecule has 1 heterocycles. The average molecular weight is 500 g/mol. The summed E-state index contributed by atoms with van der Waals surface area (Å²) in [6.45, 7) is 3.64. The molecule has 174 valence electrons. The van der Waals surface area contributed by atoms with Crippen LogP contribution in [0.1, 0.15) is 35.5 Å². The van der Waals surface area contributed by atoms with Gasteiger partial charge in [-0.25, -0.2) is 8.42 Å². The second-order valence-corrected chi connectivity index (χ2v) is 9.21. The van der Waals surface area contributed by atoms with E-state index in [2.05, 4.69) is 14.9 Å². The largest absolute Gasteiger partial charge is 0.491 e. The van der Waals surface area contributed by atoms with E-state index in [0.29, 0.717) is 11.8 Å². The molecule has 0 radical (unpaired) electrons. The summed E-state index contributed by atoms with van der Waals surface area (Å²) >= 11 is 5.95. The lowest BCUT2D eigenvalue weighted by atomic mass is 10.0. The zero-order valence-electron chi connectivity index (χ0n) is 17.2. The Kier molecular flexibility index (Phi) is 6.94. The molecule has 1 aromatic heterocycles. The first kappa shape index (κ1) is 24.5. The van der Waals surface area contributed by atoms with E-state index >= 15 is 0 Å². The van der Waals surface area contributed by atoms with E-state index in [9.17, 15) is 26.4 Å². The van der Waals surface area contributed by atoms with Crippen molar-refractivity contribution in [2.75, 3.05) is 4.72 Å².